The van der Waals surface area contributed by atoms with Crippen molar-refractivity contribution in [1.29, 1.82) is 0 Å². The van der Waals surface area contributed by atoms with Gasteiger partial charge in [0.05, 0.1) is 4.90 Å². The largest absolute Gasteiger partial charge is 0.492 e. The first-order chi connectivity index (χ1) is 12.4. The van der Waals surface area contributed by atoms with Crippen LogP contribution in [0.2, 0.25) is 0 Å². The number of nitrogens with zero attached hydrogens (tertiary/aromatic N) is 1. The molecule has 0 aliphatic carbocycles. The zero-order chi connectivity index (χ0) is 18.7. The monoisotopic (exact) mass is 373 g/mol. The van der Waals surface area contributed by atoms with E-state index in [1.807, 2.05) is 31.2 Å². The smallest absolute Gasteiger partial charge is 0.336 e. The summed E-state index contributed by atoms with van der Waals surface area (Å²) in [7, 11) is -2.17. The summed E-state index contributed by atoms with van der Waals surface area (Å²) in [5.74, 6) is 0.705. The van der Waals surface area contributed by atoms with Crippen LogP contribution in [0, 0.1) is 6.92 Å². The summed E-state index contributed by atoms with van der Waals surface area (Å²) in [6.45, 7) is 2.41. The van der Waals surface area contributed by atoms with Gasteiger partial charge in [-0.2, -0.15) is 4.31 Å². The van der Waals surface area contributed by atoms with Crippen LogP contribution in [0.15, 0.2) is 68.7 Å². The van der Waals surface area contributed by atoms with E-state index in [0.29, 0.717) is 16.7 Å². The summed E-state index contributed by atoms with van der Waals surface area (Å²) < 4.78 is 37.3. The minimum absolute atomic E-state index is 0.136. The second-order valence-corrected chi connectivity index (χ2v) is 7.99. The molecule has 0 N–H and O–H groups in total. The number of rotatable bonds is 6. The van der Waals surface area contributed by atoms with Gasteiger partial charge < -0.3 is 9.15 Å². The molecule has 26 heavy (non-hydrogen) atoms. The second-order valence-electron chi connectivity index (χ2n) is 5.95. The molecule has 0 saturated heterocycles. The van der Waals surface area contributed by atoms with E-state index in [1.165, 1.54) is 35.6 Å². The SMILES string of the molecule is Cc1cccc(OCCN(C)S(=O)(=O)c2ccc3oc(=O)ccc3c2)c1. The molecule has 0 radical (unpaired) electrons. The van der Waals surface area contributed by atoms with E-state index in [0.717, 1.165) is 5.56 Å². The van der Waals surface area contributed by atoms with Crippen molar-refractivity contribution in [3.8, 4) is 5.75 Å². The minimum Gasteiger partial charge on any atom is -0.492 e. The number of hydrogen-bond acceptors (Lipinski definition) is 5. The molecule has 6 nitrogen and oxygen atoms in total. The third-order valence-electron chi connectivity index (χ3n) is 3.96. The third-order valence-corrected chi connectivity index (χ3v) is 5.82. The molecule has 0 bridgehead atoms. The average molecular weight is 373 g/mol. The Labute approximate surface area is 151 Å². The van der Waals surface area contributed by atoms with Crippen LogP contribution in [-0.4, -0.2) is 32.9 Å². The van der Waals surface area contributed by atoms with Crippen molar-refractivity contribution in [2.45, 2.75) is 11.8 Å². The zero-order valence-electron chi connectivity index (χ0n) is 14.5. The molecule has 2 aromatic carbocycles. The zero-order valence-corrected chi connectivity index (χ0v) is 15.3. The Kier molecular flexibility index (Phi) is 5.11. The number of fused-ring (bicyclic) bond motifs is 1. The Morgan fingerprint density at radius 1 is 1.08 bits per heavy atom. The van der Waals surface area contributed by atoms with Crippen molar-refractivity contribution in [1.82, 2.24) is 4.31 Å². The summed E-state index contributed by atoms with van der Waals surface area (Å²) in [5, 5.41) is 0.551. The van der Waals surface area contributed by atoms with Crippen LogP contribution in [0.25, 0.3) is 11.0 Å². The average Bonchev–Trinajstić information content (AvgIpc) is 2.61. The van der Waals surface area contributed by atoms with E-state index in [2.05, 4.69) is 0 Å². The van der Waals surface area contributed by atoms with Crippen molar-refractivity contribution in [2.75, 3.05) is 20.2 Å². The molecule has 1 heterocycles. The maximum absolute atomic E-state index is 12.7. The summed E-state index contributed by atoms with van der Waals surface area (Å²) >= 11 is 0. The summed E-state index contributed by atoms with van der Waals surface area (Å²) in [6.07, 6.45) is 0. The van der Waals surface area contributed by atoms with E-state index < -0.39 is 15.6 Å². The first kappa shape index (κ1) is 18.2. The lowest BCUT2D eigenvalue weighted by Crippen LogP contribution is -2.31. The van der Waals surface area contributed by atoms with Gasteiger partial charge in [-0.1, -0.05) is 12.1 Å². The predicted molar refractivity (Wildman–Crippen MR) is 99.0 cm³/mol. The maximum atomic E-state index is 12.7. The van der Waals surface area contributed by atoms with Crippen LogP contribution in [-0.2, 0) is 10.0 Å². The highest BCUT2D eigenvalue weighted by molar-refractivity contribution is 7.89. The molecule has 1 aromatic heterocycles. The Morgan fingerprint density at radius 3 is 2.65 bits per heavy atom. The van der Waals surface area contributed by atoms with Gasteiger partial charge in [0.25, 0.3) is 0 Å². The molecule has 0 aliphatic rings. The lowest BCUT2D eigenvalue weighted by atomic mass is 10.2. The number of ether oxygens (including phenoxy) is 1. The Balaban J connectivity index is 1.72. The van der Waals surface area contributed by atoms with Crippen LogP contribution in [0.1, 0.15) is 5.56 Å². The van der Waals surface area contributed by atoms with Gasteiger partial charge >= 0.3 is 5.63 Å². The van der Waals surface area contributed by atoms with E-state index >= 15 is 0 Å². The van der Waals surface area contributed by atoms with Gasteiger partial charge in [0.15, 0.2) is 0 Å². The van der Waals surface area contributed by atoms with Crippen LogP contribution in [0.4, 0.5) is 0 Å². The molecule has 0 spiro atoms. The minimum atomic E-state index is -3.67. The van der Waals surface area contributed by atoms with Gasteiger partial charge in [-0.15, -0.1) is 0 Å². The number of sulfonamides is 1. The lowest BCUT2D eigenvalue weighted by molar-refractivity contribution is 0.287. The molecule has 3 rings (SSSR count). The molecule has 0 unspecified atom stereocenters. The van der Waals surface area contributed by atoms with Crippen LogP contribution in [0.3, 0.4) is 0 Å². The maximum Gasteiger partial charge on any atom is 0.336 e. The van der Waals surface area contributed by atoms with E-state index in [-0.39, 0.29) is 18.0 Å². The van der Waals surface area contributed by atoms with Crippen LogP contribution in [0.5, 0.6) is 5.75 Å². The molecule has 0 atom stereocenters. The standard InChI is InChI=1S/C19H19NO5S/c1-14-4-3-5-16(12-14)24-11-10-20(2)26(22,23)17-7-8-18-15(13-17)6-9-19(21)25-18/h3-9,12-13H,10-11H2,1-2H3. The highest BCUT2D eigenvalue weighted by atomic mass is 32.2. The molecular weight excluding hydrogens is 354 g/mol. The van der Waals surface area contributed by atoms with Crippen molar-refractivity contribution in [3.05, 3.63) is 70.6 Å². The molecule has 136 valence electrons. The van der Waals surface area contributed by atoms with Crippen molar-refractivity contribution in [2.24, 2.45) is 0 Å². The van der Waals surface area contributed by atoms with E-state index in [1.54, 1.807) is 6.07 Å². The van der Waals surface area contributed by atoms with Crippen LogP contribution < -0.4 is 10.4 Å². The summed E-state index contributed by atoms with van der Waals surface area (Å²) in [4.78, 5) is 11.4. The van der Waals surface area contributed by atoms with Crippen molar-refractivity contribution >= 4 is 21.0 Å². The fourth-order valence-corrected chi connectivity index (χ4v) is 3.70. The highest BCUT2D eigenvalue weighted by Gasteiger charge is 2.21. The topological polar surface area (TPSA) is 76.8 Å². The Morgan fingerprint density at radius 2 is 1.88 bits per heavy atom. The second kappa shape index (κ2) is 7.31. The fourth-order valence-electron chi connectivity index (χ4n) is 2.51. The quantitative estimate of drug-likeness (QED) is 0.621. The van der Waals surface area contributed by atoms with Gasteiger partial charge in [-0.05, 0) is 48.9 Å². The molecule has 0 amide bonds. The number of hydrogen-bond donors (Lipinski definition) is 0. The molecule has 0 saturated carbocycles. The molecule has 3 aromatic rings. The summed E-state index contributed by atoms with van der Waals surface area (Å²) in [6, 6.07) is 14.8. The fraction of sp³-hybridized carbons (Fsp3) is 0.211. The van der Waals surface area contributed by atoms with E-state index in [4.69, 9.17) is 9.15 Å². The van der Waals surface area contributed by atoms with Crippen molar-refractivity contribution in [3.63, 3.8) is 0 Å². The normalized spacial score (nSPS) is 11.8. The molecule has 7 heteroatoms. The van der Waals surface area contributed by atoms with Gasteiger partial charge in [-0.3, -0.25) is 0 Å². The molecular formula is C19H19NO5S. The summed E-state index contributed by atoms with van der Waals surface area (Å²) in [5.41, 5.74) is 0.951. The van der Waals surface area contributed by atoms with Gasteiger partial charge in [-0.25, -0.2) is 13.2 Å². The number of likely N-dealkylation sites (N-methyl/N-ethyl adjacent to an activating group) is 1. The first-order valence-electron chi connectivity index (χ1n) is 8.06. The molecule has 0 fully saturated rings. The van der Waals surface area contributed by atoms with Gasteiger partial charge in [0.1, 0.15) is 17.9 Å². The predicted octanol–water partition coefficient (Wildman–Crippen LogP) is 2.80. The van der Waals surface area contributed by atoms with Crippen LogP contribution >= 0.6 is 0 Å². The Hall–Kier alpha value is -2.64. The van der Waals surface area contributed by atoms with Crippen molar-refractivity contribution < 1.29 is 17.6 Å². The van der Waals surface area contributed by atoms with Gasteiger partial charge in [0, 0.05) is 25.0 Å². The highest BCUT2D eigenvalue weighted by Crippen LogP contribution is 2.20. The van der Waals surface area contributed by atoms with E-state index in [9.17, 15) is 13.2 Å². The Bertz CT molecular complexity index is 1090. The lowest BCUT2D eigenvalue weighted by Gasteiger charge is -2.18. The van der Waals surface area contributed by atoms with Gasteiger partial charge in [0.2, 0.25) is 10.0 Å². The third kappa shape index (κ3) is 3.95. The molecule has 0 aliphatic heterocycles. The first-order valence-corrected chi connectivity index (χ1v) is 9.50. The number of aryl methyl sites for hydroxylation is 1. The number of benzene rings is 2.